The number of hydrogen-bond acceptors (Lipinski definition) is 21. The Kier molecular flexibility index (Phi) is 25.9. The molecule has 1 amide bonds. The van der Waals surface area contributed by atoms with E-state index in [1.165, 1.54) is 35.6 Å². The fourth-order valence-corrected chi connectivity index (χ4v) is 16.4. The highest BCUT2D eigenvalue weighted by Gasteiger charge is 2.53. The molecule has 4 aliphatic rings. The predicted octanol–water partition coefficient (Wildman–Crippen LogP) is 5.90. The molecule has 23 heteroatoms. The molecule has 0 saturated carbocycles. The molecular formula is C53H95N3O16S4. The van der Waals surface area contributed by atoms with E-state index in [0.717, 1.165) is 18.6 Å². The van der Waals surface area contributed by atoms with Gasteiger partial charge in [-0.3, -0.25) is 14.4 Å². The number of aliphatic hydroxyl groups excluding tert-OH is 2. The van der Waals surface area contributed by atoms with Crippen molar-refractivity contribution in [2.45, 2.75) is 247 Å². The van der Waals surface area contributed by atoms with Crippen molar-refractivity contribution in [3.63, 3.8) is 0 Å². The van der Waals surface area contributed by atoms with Gasteiger partial charge in [0.05, 0.1) is 52.3 Å². The number of rotatable bonds is 14. The molecule has 0 bridgehead atoms. The molecule has 0 aromatic heterocycles. The molecule has 0 aromatic rings. The summed E-state index contributed by atoms with van der Waals surface area (Å²) < 4.78 is 44.4. The second-order valence-electron chi connectivity index (χ2n) is 23.4. The first-order valence-corrected chi connectivity index (χ1v) is 31.9. The zero-order valence-corrected chi connectivity index (χ0v) is 51.3. The number of amides is 1. The Bertz CT molecular complexity index is 1870. The highest BCUT2D eigenvalue weighted by atomic mass is 33.1. The molecule has 4 fully saturated rings. The number of carboxylic acids is 1. The fraction of sp³-hybridized carbons (Fsp3) is 0.925. The number of aliphatic carboxylic acids is 1. The summed E-state index contributed by atoms with van der Waals surface area (Å²) in [5, 5.41) is 60.3. The van der Waals surface area contributed by atoms with Crippen LogP contribution in [0.15, 0.2) is 0 Å². The van der Waals surface area contributed by atoms with Crippen LogP contribution >= 0.6 is 43.2 Å². The highest BCUT2D eigenvalue weighted by molar-refractivity contribution is 8.77. The van der Waals surface area contributed by atoms with E-state index in [4.69, 9.17) is 33.2 Å². The lowest BCUT2D eigenvalue weighted by Crippen LogP contribution is -2.61. The Morgan fingerprint density at radius 1 is 0.921 bits per heavy atom. The number of unbranched alkanes of at least 4 members (excludes halogenated alkanes) is 1. The van der Waals surface area contributed by atoms with Crippen molar-refractivity contribution in [1.82, 2.24) is 15.1 Å². The van der Waals surface area contributed by atoms with Gasteiger partial charge >= 0.3 is 17.9 Å². The maximum Gasteiger partial charge on any atom is 0.327 e. The number of cyclic esters (lactones) is 1. The first kappa shape index (κ1) is 67.3. The van der Waals surface area contributed by atoms with E-state index in [-0.39, 0.29) is 60.7 Å². The first-order valence-electron chi connectivity index (χ1n) is 27.2. The van der Waals surface area contributed by atoms with E-state index in [1.807, 2.05) is 51.7 Å². The van der Waals surface area contributed by atoms with Gasteiger partial charge in [-0.25, -0.2) is 4.79 Å². The van der Waals surface area contributed by atoms with Crippen LogP contribution in [0.2, 0.25) is 0 Å². The van der Waals surface area contributed by atoms with Gasteiger partial charge < -0.3 is 73.8 Å². The molecule has 0 aliphatic carbocycles. The lowest BCUT2D eigenvalue weighted by molar-refractivity contribution is -0.319. The summed E-state index contributed by atoms with van der Waals surface area (Å²) in [5.41, 5.74) is -4.62. The van der Waals surface area contributed by atoms with Crippen molar-refractivity contribution in [1.29, 1.82) is 0 Å². The summed E-state index contributed by atoms with van der Waals surface area (Å²) in [5.74, 6) is -3.67. The van der Waals surface area contributed by atoms with Crippen LogP contribution in [-0.2, 0) is 52.3 Å². The summed E-state index contributed by atoms with van der Waals surface area (Å²) in [6.07, 6.45) is -6.05. The normalized spacial score (nSPS) is 42.3. The van der Waals surface area contributed by atoms with Gasteiger partial charge in [-0.1, -0.05) is 70.4 Å². The maximum atomic E-state index is 14.6. The standard InChI is InChI=1S/C53H95N3O16S4/c1-17-38-53(12,65)43(58)33(6)56(15)27-29(2)25-51(10,64)45(31(4)41(32(5)47(62)69-38)71-40-26-52(11,66-16)44(59)34(7)68-40)72-48-42(37(55(13)14)24-30(3)67-48)70-39(57)21-19-18-20-35-22-23-73-74-28-36(46(60)61)54-49(63)50(8,9)76-75-35/h29-38,40-45,48,58-59,64-65H,17-28H2,1-16H3,(H,54,63)(H,60,61)/t29-,30-,31+,32-,33-,34+,35-,36-,37+,38-,40+,41+,42-,43-,44+,45-,48+,51-,52-,53-/m1/s1. The number of carbonyl (C=O) groups is 4. The molecular weight excluding hydrogens is 1060 g/mol. The van der Waals surface area contributed by atoms with E-state index in [9.17, 15) is 44.7 Å². The van der Waals surface area contributed by atoms with Crippen molar-refractivity contribution in [2.24, 2.45) is 17.8 Å². The predicted molar refractivity (Wildman–Crippen MR) is 299 cm³/mol. The van der Waals surface area contributed by atoms with E-state index < -0.39 is 119 Å². The maximum absolute atomic E-state index is 14.6. The van der Waals surface area contributed by atoms with Gasteiger partial charge in [0.2, 0.25) is 5.91 Å². The number of nitrogens with zero attached hydrogens (tertiary/aromatic N) is 2. The second kappa shape index (κ2) is 29.2. The van der Waals surface area contributed by atoms with Crippen LogP contribution in [-0.4, -0.2) is 212 Å². The molecule has 442 valence electrons. The van der Waals surface area contributed by atoms with Crippen LogP contribution in [0, 0.1) is 17.8 Å². The van der Waals surface area contributed by atoms with Crippen LogP contribution in [0.25, 0.3) is 0 Å². The summed E-state index contributed by atoms with van der Waals surface area (Å²) in [6.45, 7) is 21.5. The van der Waals surface area contributed by atoms with Crippen LogP contribution in [0.1, 0.15) is 141 Å². The Balaban J connectivity index is 1.67. The van der Waals surface area contributed by atoms with Gasteiger partial charge in [-0.2, -0.15) is 0 Å². The lowest BCUT2D eigenvalue weighted by Gasteiger charge is -2.49. The Morgan fingerprint density at radius 3 is 2.21 bits per heavy atom. The number of aliphatic hydroxyl groups is 4. The minimum atomic E-state index is -1.86. The number of carboxylic acid groups (broad SMARTS) is 1. The number of carbonyl (C=O) groups excluding carboxylic acids is 3. The average Bonchev–Trinajstić information content (AvgIpc) is 3.33. The molecule has 4 heterocycles. The Labute approximate surface area is 468 Å². The van der Waals surface area contributed by atoms with E-state index in [0.29, 0.717) is 25.8 Å². The molecule has 4 saturated heterocycles. The highest BCUT2D eigenvalue weighted by Crippen LogP contribution is 2.44. The summed E-state index contributed by atoms with van der Waals surface area (Å²) >= 11 is 0. The molecule has 4 aliphatic heterocycles. The number of esters is 2. The fourth-order valence-electron chi connectivity index (χ4n) is 11.0. The summed E-state index contributed by atoms with van der Waals surface area (Å²) in [6, 6.07) is -1.92. The molecule has 76 heavy (non-hydrogen) atoms. The topological polar surface area (TPSA) is 253 Å². The monoisotopic (exact) mass is 1160 g/mol. The van der Waals surface area contributed by atoms with Crippen molar-refractivity contribution >= 4 is 67.0 Å². The minimum Gasteiger partial charge on any atom is -0.480 e. The number of ether oxygens (including phenoxy) is 7. The molecule has 4 rings (SSSR count). The number of likely N-dealkylation sites (N-methyl/N-ethyl adjacent to an activating group) is 2. The molecule has 0 spiro atoms. The Hall–Kier alpha value is -1.16. The van der Waals surface area contributed by atoms with Gasteiger partial charge in [0.25, 0.3) is 0 Å². The van der Waals surface area contributed by atoms with Crippen molar-refractivity contribution < 1.29 is 77.9 Å². The third kappa shape index (κ3) is 17.9. The molecule has 0 radical (unpaired) electrons. The van der Waals surface area contributed by atoms with Gasteiger partial charge in [0, 0.05) is 55.2 Å². The zero-order chi connectivity index (χ0) is 57.2. The van der Waals surface area contributed by atoms with Crippen molar-refractivity contribution in [3.05, 3.63) is 0 Å². The second-order valence-corrected chi connectivity index (χ2v) is 29.2. The van der Waals surface area contributed by atoms with Crippen LogP contribution in [0.5, 0.6) is 0 Å². The largest absolute Gasteiger partial charge is 0.480 e. The van der Waals surface area contributed by atoms with Crippen LogP contribution in [0.3, 0.4) is 0 Å². The third-order valence-electron chi connectivity index (χ3n) is 16.0. The molecule has 0 unspecified atom stereocenters. The van der Waals surface area contributed by atoms with Gasteiger partial charge in [-0.15, -0.1) is 0 Å². The van der Waals surface area contributed by atoms with Crippen molar-refractivity contribution in [3.8, 4) is 0 Å². The molecule has 0 aromatic carbocycles. The first-order chi connectivity index (χ1) is 35.3. The summed E-state index contributed by atoms with van der Waals surface area (Å²) in [4.78, 5) is 57.5. The van der Waals surface area contributed by atoms with E-state index in [1.54, 1.807) is 77.0 Å². The van der Waals surface area contributed by atoms with E-state index in [2.05, 4.69) is 5.32 Å². The third-order valence-corrected chi connectivity index (χ3v) is 22.2. The van der Waals surface area contributed by atoms with Gasteiger partial charge in [0.15, 0.2) is 18.7 Å². The van der Waals surface area contributed by atoms with Crippen LogP contribution in [0.4, 0.5) is 0 Å². The van der Waals surface area contributed by atoms with E-state index >= 15 is 0 Å². The van der Waals surface area contributed by atoms with Crippen LogP contribution < -0.4 is 5.32 Å². The van der Waals surface area contributed by atoms with Gasteiger partial charge in [0.1, 0.15) is 30.0 Å². The molecule has 6 N–H and O–H groups in total. The zero-order valence-electron chi connectivity index (χ0n) is 48.1. The smallest absolute Gasteiger partial charge is 0.327 e. The number of hydrogen-bond donors (Lipinski definition) is 6. The quantitative estimate of drug-likeness (QED) is 0.0673. The number of nitrogens with one attached hydrogen (secondary N) is 1. The Morgan fingerprint density at radius 2 is 1.59 bits per heavy atom. The minimum absolute atomic E-state index is 0.0809. The SMILES string of the molecule is CC[C@H]1OC(=O)[C@H](C)[C@@H](O[C@H]2C[C@@](C)(OC)[C@@H](O)[C@H](C)O2)[C@H](C)[C@@H](O[C@@H]2O[C@H](C)C[C@H](N(C)C)[C@H]2OC(=O)CCCC[C@@H]2CCSSC[C@H](C(=O)O)NC(=O)C(C)(C)SS2)[C@](C)(O)C[C@@H](C)CN(C)[C@H](C)[C@@H](O)[C@]1(C)O. The molecule has 20 atom stereocenters. The summed E-state index contributed by atoms with van der Waals surface area (Å²) in [7, 11) is 13.2. The lowest BCUT2D eigenvalue weighted by atomic mass is 9.77. The number of methoxy groups -OCH3 is 1. The average molecular weight is 1160 g/mol. The van der Waals surface area contributed by atoms with Crippen molar-refractivity contribution in [2.75, 3.05) is 46.3 Å². The molecule has 19 nitrogen and oxygen atoms in total. The van der Waals surface area contributed by atoms with Gasteiger partial charge in [-0.05, 0) is 128 Å².